The first-order valence-corrected chi connectivity index (χ1v) is 21.3. The molecule has 0 amide bonds. The Morgan fingerprint density at radius 1 is 0.390 bits per heavy atom. The number of hydrogen-bond donors (Lipinski definition) is 0. The van der Waals surface area contributed by atoms with Crippen molar-refractivity contribution in [2.24, 2.45) is 0 Å². The van der Waals surface area contributed by atoms with Gasteiger partial charge in [0.1, 0.15) is 0 Å². The molecule has 278 valence electrons. The maximum Gasteiger partial charge on any atom is 0.0546 e. The summed E-state index contributed by atoms with van der Waals surface area (Å²) < 4.78 is 2.66. The van der Waals surface area contributed by atoms with Crippen molar-refractivity contribution in [2.45, 2.75) is 19.3 Å². The summed E-state index contributed by atoms with van der Waals surface area (Å²) in [6, 6.07) is 74.5. The van der Waals surface area contributed by atoms with Crippen molar-refractivity contribution in [3.8, 4) is 33.4 Å². The summed E-state index contributed by atoms with van der Waals surface area (Å²) in [6.07, 6.45) is 0. The number of nitrogens with zero attached hydrogens (tertiary/aromatic N) is 1. The van der Waals surface area contributed by atoms with E-state index < -0.39 is 0 Å². The fraction of sp³-hybridized carbons (Fsp3) is 0.0526. The number of thiophene rings is 1. The van der Waals surface area contributed by atoms with E-state index in [-0.39, 0.29) is 5.41 Å². The second-order valence-electron chi connectivity index (χ2n) is 16.5. The van der Waals surface area contributed by atoms with Crippen molar-refractivity contribution in [3.63, 3.8) is 0 Å². The molecule has 1 heterocycles. The molecule has 10 aromatic carbocycles. The van der Waals surface area contributed by atoms with Crippen molar-refractivity contribution in [2.75, 3.05) is 4.90 Å². The lowest BCUT2D eigenvalue weighted by molar-refractivity contribution is 0.661. The molecule has 0 saturated heterocycles. The van der Waals surface area contributed by atoms with Crippen LogP contribution in [0.1, 0.15) is 25.0 Å². The predicted octanol–water partition coefficient (Wildman–Crippen LogP) is 16.6. The highest BCUT2D eigenvalue weighted by Crippen LogP contribution is 2.53. The Morgan fingerprint density at radius 3 is 1.80 bits per heavy atom. The molecule has 12 rings (SSSR count). The van der Waals surface area contributed by atoms with Gasteiger partial charge in [0.25, 0.3) is 0 Å². The molecule has 1 aliphatic rings. The zero-order chi connectivity index (χ0) is 39.2. The molecule has 0 aliphatic heterocycles. The van der Waals surface area contributed by atoms with E-state index in [4.69, 9.17) is 0 Å². The SMILES string of the molecule is CC1(C)c2cc(N(c3ccc(-c4cccc5c4sc4ccccc45)cc3)c3ccc4ccccc4c3-c3cccc4ccccc34)ccc2-c2cc3ccccc3cc21. The smallest absolute Gasteiger partial charge is 0.0546 e. The third-order valence-electron chi connectivity index (χ3n) is 12.8. The lowest BCUT2D eigenvalue weighted by atomic mass is 9.81. The molecule has 0 N–H and O–H groups in total. The van der Waals surface area contributed by atoms with Crippen LogP contribution in [0.2, 0.25) is 0 Å². The molecular weight excluding hydrogens is 731 g/mol. The van der Waals surface area contributed by atoms with Gasteiger partial charge in [0.15, 0.2) is 0 Å². The molecule has 0 radical (unpaired) electrons. The highest BCUT2D eigenvalue weighted by molar-refractivity contribution is 7.26. The van der Waals surface area contributed by atoms with E-state index in [9.17, 15) is 0 Å². The molecule has 0 spiro atoms. The maximum atomic E-state index is 2.50. The largest absolute Gasteiger partial charge is 0.310 e. The summed E-state index contributed by atoms with van der Waals surface area (Å²) in [6.45, 7) is 4.78. The van der Waals surface area contributed by atoms with Gasteiger partial charge in [0.05, 0.1) is 5.69 Å². The van der Waals surface area contributed by atoms with Crippen LogP contribution >= 0.6 is 11.3 Å². The van der Waals surface area contributed by atoms with Crippen LogP contribution in [0, 0.1) is 0 Å². The van der Waals surface area contributed by atoms with Crippen molar-refractivity contribution < 1.29 is 0 Å². The maximum absolute atomic E-state index is 2.50. The topological polar surface area (TPSA) is 3.24 Å². The van der Waals surface area contributed by atoms with Crippen molar-refractivity contribution in [1.29, 1.82) is 0 Å². The van der Waals surface area contributed by atoms with Gasteiger partial charge in [-0.05, 0) is 120 Å². The molecular formula is C57H39NS. The lowest BCUT2D eigenvalue weighted by Gasteiger charge is -2.31. The Balaban J connectivity index is 1.09. The summed E-state index contributed by atoms with van der Waals surface area (Å²) in [5.41, 5.74) is 13.6. The zero-order valence-electron chi connectivity index (χ0n) is 32.9. The van der Waals surface area contributed by atoms with Gasteiger partial charge in [-0.3, -0.25) is 0 Å². The molecule has 59 heavy (non-hydrogen) atoms. The number of anilines is 3. The molecule has 0 fully saturated rings. The number of benzene rings is 10. The average molecular weight is 770 g/mol. The Hall–Kier alpha value is -7.00. The second kappa shape index (κ2) is 13.0. The first-order chi connectivity index (χ1) is 29.0. The Bertz CT molecular complexity index is 3470. The van der Waals surface area contributed by atoms with Gasteiger partial charge in [-0.2, -0.15) is 0 Å². The molecule has 0 saturated carbocycles. The standard InChI is InChI=1S/C57H39NS/c1-57(2)51-34-40-16-4-3-15-39(40)33-50(51)46-31-30-42(35-52(46)57)58(41-28-25-38(26-29-41)45-21-12-23-49-47-20-9-10-24-54(47)59-56(45)49)53-32-27-37-14-6-8-19-44(37)55(53)48-22-11-17-36-13-5-7-18-43(36)48/h3-35H,1-2H3. The minimum atomic E-state index is -0.176. The number of rotatable bonds is 5. The summed E-state index contributed by atoms with van der Waals surface area (Å²) in [5, 5.41) is 10.2. The van der Waals surface area contributed by atoms with E-state index >= 15 is 0 Å². The second-order valence-corrected chi connectivity index (χ2v) is 17.5. The van der Waals surface area contributed by atoms with Gasteiger partial charge in [0, 0.05) is 42.5 Å². The molecule has 1 aromatic heterocycles. The first kappa shape index (κ1) is 34.1. The molecule has 11 aromatic rings. The van der Waals surface area contributed by atoms with Gasteiger partial charge >= 0.3 is 0 Å². The van der Waals surface area contributed by atoms with E-state index in [0.717, 1.165) is 17.1 Å². The molecule has 0 atom stereocenters. The van der Waals surface area contributed by atoms with E-state index in [1.54, 1.807) is 0 Å². The van der Waals surface area contributed by atoms with E-state index in [1.165, 1.54) is 97.0 Å². The summed E-state index contributed by atoms with van der Waals surface area (Å²) in [4.78, 5) is 2.50. The Kier molecular flexibility index (Phi) is 7.51. The van der Waals surface area contributed by atoms with Crippen molar-refractivity contribution >= 4 is 80.9 Å². The van der Waals surface area contributed by atoms with Crippen LogP contribution in [-0.2, 0) is 5.41 Å². The number of fused-ring (bicyclic) bond motifs is 9. The molecule has 0 bridgehead atoms. The van der Waals surface area contributed by atoms with Crippen LogP contribution in [0.15, 0.2) is 200 Å². The predicted molar refractivity (Wildman–Crippen MR) is 255 cm³/mol. The number of hydrogen-bond acceptors (Lipinski definition) is 2. The van der Waals surface area contributed by atoms with Crippen LogP contribution in [0.3, 0.4) is 0 Å². The van der Waals surface area contributed by atoms with Crippen LogP contribution in [0.4, 0.5) is 17.1 Å². The van der Waals surface area contributed by atoms with Gasteiger partial charge < -0.3 is 4.90 Å². The van der Waals surface area contributed by atoms with Crippen molar-refractivity contribution in [1.82, 2.24) is 0 Å². The van der Waals surface area contributed by atoms with Gasteiger partial charge in [-0.15, -0.1) is 11.3 Å². The van der Waals surface area contributed by atoms with Gasteiger partial charge in [0.2, 0.25) is 0 Å². The van der Waals surface area contributed by atoms with E-state index in [2.05, 4.69) is 219 Å². The quantitative estimate of drug-likeness (QED) is 0.169. The third-order valence-corrected chi connectivity index (χ3v) is 14.1. The minimum absolute atomic E-state index is 0.176. The Labute approximate surface area is 348 Å². The van der Waals surface area contributed by atoms with Gasteiger partial charge in [-0.1, -0.05) is 166 Å². The molecule has 2 heteroatoms. The zero-order valence-corrected chi connectivity index (χ0v) is 33.7. The highest BCUT2D eigenvalue weighted by Gasteiger charge is 2.36. The van der Waals surface area contributed by atoms with E-state index in [0.29, 0.717) is 0 Å². The molecule has 0 unspecified atom stereocenters. The van der Waals surface area contributed by atoms with E-state index in [1.807, 2.05) is 11.3 Å². The van der Waals surface area contributed by atoms with Crippen LogP contribution in [0.25, 0.3) is 85.9 Å². The lowest BCUT2D eigenvalue weighted by Crippen LogP contribution is -2.17. The minimum Gasteiger partial charge on any atom is -0.310 e. The Morgan fingerprint density at radius 2 is 0.983 bits per heavy atom. The molecule has 1 nitrogen and oxygen atoms in total. The molecule has 1 aliphatic carbocycles. The fourth-order valence-electron chi connectivity index (χ4n) is 9.91. The van der Waals surface area contributed by atoms with Crippen molar-refractivity contribution in [3.05, 3.63) is 211 Å². The van der Waals surface area contributed by atoms with Crippen LogP contribution in [-0.4, -0.2) is 0 Å². The summed E-state index contributed by atoms with van der Waals surface area (Å²) in [5.74, 6) is 0. The monoisotopic (exact) mass is 769 g/mol. The highest BCUT2D eigenvalue weighted by atomic mass is 32.1. The summed E-state index contributed by atoms with van der Waals surface area (Å²) in [7, 11) is 0. The van der Waals surface area contributed by atoms with Crippen LogP contribution in [0.5, 0.6) is 0 Å². The summed E-state index contributed by atoms with van der Waals surface area (Å²) >= 11 is 1.88. The first-order valence-electron chi connectivity index (χ1n) is 20.5. The average Bonchev–Trinajstić information content (AvgIpc) is 3.77. The third kappa shape index (κ3) is 5.23. The normalized spacial score (nSPS) is 13.1. The van der Waals surface area contributed by atoms with Crippen LogP contribution < -0.4 is 4.90 Å². The fourth-order valence-corrected chi connectivity index (χ4v) is 11.2. The van der Waals surface area contributed by atoms with Gasteiger partial charge in [-0.25, -0.2) is 0 Å².